The van der Waals surface area contributed by atoms with Gasteiger partial charge in [0.1, 0.15) is 17.4 Å². The summed E-state index contributed by atoms with van der Waals surface area (Å²) in [5.74, 6) is 0.915. The van der Waals surface area contributed by atoms with Crippen LogP contribution in [0, 0.1) is 6.92 Å². The molecule has 0 unspecified atom stereocenters. The minimum absolute atomic E-state index is 0.110. The van der Waals surface area contributed by atoms with Crippen molar-refractivity contribution in [1.82, 2.24) is 25.2 Å². The van der Waals surface area contributed by atoms with Crippen molar-refractivity contribution < 1.29 is 15.0 Å². The van der Waals surface area contributed by atoms with Gasteiger partial charge in [-0.25, -0.2) is 19.3 Å². The third kappa shape index (κ3) is 7.26. The number of urea groups is 1. The summed E-state index contributed by atoms with van der Waals surface area (Å²) < 4.78 is 1.81. The number of aliphatic imine (C=N–C) groups is 1. The summed E-state index contributed by atoms with van der Waals surface area (Å²) in [4.78, 5) is 21.5. The average Bonchev–Trinajstić information content (AvgIpc) is 3.65. The van der Waals surface area contributed by atoms with Gasteiger partial charge < -0.3 is 31.9 Å². The van der Waals surface area contributed by atoms with Gasteiger partial charge in [-0.2, -0.15) is 5.10 Å². The number of carbonyl (C=O) groups excluding carboxylic acids is 1. The molecule has 0 saturated carbocycles. The van der Waals surface area contributed by atoms with Gasteiger partial charge in [0.25, 0.3) is 0 Å². The molecule has 2 amide bonds. The number of nitrogens with one attached hydrogen (secondary N) is 4. The van der Waals surface area contributed by atoms with Crippen molar-refractivity contribution in [2.24, 2.45) is 10.7 Å². The number of phenols is 1. The lowest BCUT2D eigenvalue weighted by Crippen LogP contribution is -2.40. The summed E-state index contributed by atoms with van der Waals surface area (Å²) in [6.07, 6.45) is 8.31. The first-order chi connectivity index (χ1) is 21.0. The number of aryl methyl sites for hydroxylation is 2. The molecule has 3 aromatic heterocycles. The molecule has 0 spiro atoms. The van der Waals surface area contributed by atoms with Gasteiger partial charge in [-0.05, 0) is 88.0 Å². The number of rotatable bonds is 10. The molecule has 0 aliphatic carbocycles. The van der Waals surface area contributed by atoms with Crippen LogP contribution in [0.3, 0.4) is 0 Å². The fourth-order valence-corrected chi connectivity index (χ4v) is 5.28. The maximum Gasteiger partial charge on any atom is 0.320 e. The van der Waals surface area contributed by atoms with Crippen molar-refractivity contribution >= 4 is 34.6 Å². The predicted octanol–water partition coefficient (Wildman–Crippen LogP) is 4.07. The van der Waals surface area contributed by atoms with E-state index in [2.05, 4.69) is 31.3 Å². The number of aromatic hydroxyl groups is 1. The summed E-state index contributed by atoms with van der Waals surface area (Å²) >= 11 is 0. The van der Waals surface area contributed by atoms with E-state index < -0.39 is 11.6 Å². The van der Waals surface area contributed by atoms with Crippen molar-refractivity contribution in [3.63, 3.8) is 0 Å². The summed E-state index contributed by atoms with van der Waals surface area (Å²) in [6, 6.07) is 8.83. The highest BCUT2D eigenvalue weighted by atomic mass is 16.3. The van der Waals surface area contributed by atoms with Crippen molar-refractivity contribution in [1.29, 1.82) is 0 Å². The number of amides is 2. The van der Waals surface area contributed by atoms with E-state index in [-0.39, 0.29) is 12.3 Å². The highest BCUT2D eigenvalue weighted by Crippen LogP contribution is 2.32. The molecule has 1 saturated heterocycles. The van der Waals surface area contributed by atoms with Gasteiger partial charge in [0.15, 0.2) is 0 Å². The third-order valence-electron chi connectivity index (χ3n) is 7.63. The number of aromatic nitrogens is 3. The number of hydrogen-bond acceptors (Lipinski definition) is 8. The first kappa shape index (κ1) is 30.8. The topological polar surface area (TPSA) is 174 Å². The molecule has 4 heterocycles. The van der Waals surface area contributed by atoms with E-state index in [4.69, 9.17) is 10.7 Å². The Bertz CT molecular complexity index is 1680. The van der Waals surface area contributed by atoms with Gasteiger partial charge in [0.2, 0.25) is 0 Å². The van der Waals surface area contributed by atoms with Gasteiger partial charge in [-0.1, -0.05) is 6.92 Å². The van der Waals surface area contributed by atoms with Crippen LogP contribution < -0.4 is 27.0 Å². The Kier molecular flexibility index (Phi) is 9.02. The van der Waals surface area contributed by atoms with Crippen LogP contribution in [0.5, 0.6) is 5.75 Å². The lowest BCUT2D eigenvalue weighted by Gasteiger charge is -2.17. The van der Waals surface area contributed by atoms with Crippen LogP contribution >= 0.6 is 0 Å². The van der Waals surface area contributed by atoms with Gasteiger partial charge in [-0.15, -0.1) is 0 Å². The first-order valence-corrected chi connectivity index (χ1v) is 14.9. The monoisotopic (exact) mass is 599 g/mol. The lowest BCUT2D eigenvalue weighted by molar-refractivity contribution is 0.0826. The van der Waals surface area contributed by atoms with Crippen LogP contribution in [-0.2, 0) is 6.42 Å². The summed E-state index contributed by atoms with van der Waals surface area (Å²) in [5, 5.41) is 37.0. The molecular weight excluding hydrogens is 558 g/mol. The van der Waals surface area contributed by atoms with Crippen LogP contribution in [0.1, 0.15) is 50.3 Å². The maximum atomic E-state index is 12.3. The molecule has 1 aliphatic heterocycles. The van der Waals surface area contributed by atoms with Crippen LogP contribution in [0.25, 0.3) is 16.6 Å². The maximum absolute atomic E-state index is 12.3. The van der Waals surface area contributed by atoms with Gasteiger partial charge >= 0.3 is 6.03 Å². The lowest BCUT2D eigenvalue weighted by atomic mass is 10.1. The van der Waals surface area contributed by atoms with E-state index >= 15 is 0 Å². The number of hydrogen-bond donors (Lipinski definition) is 7. The van der Waals surface area contributed by atoms with Gasteiger partial charge in [0, 0.05) is 42.7 Å². The Morgan fingerprint density at radius 3 is 2.77 bits per heavy atom. The first-order valence-electron chi connectivity index (χ1n) is 14.9. The van der Waals surface area contributed by atoms with Gasteiger partial charge in [-0.3, -0.25) is 5.32 Å². The molecule has 1 fully saturated rings. The van der Waals surface area contributed by atoms with Crippen molar-refractivity contribution in [3.05, 3.63) is 65.6 Å². The minimum atomic E-state index is -1.02. The van der Waals surface area contributed by atoms with Gasteiger partial charge in [0.05, 0.1) is 34.3 Å². The molecule has 12 heteroatoms. The van der Waals surface area contributed by atoms with E-state index in [1.165, 1.54) is 0 Å². The molecule has 4 aromatic rings. The molecular formula is C32H41N9O3. The molecule has 0 bridgehead atoms. The number of anilines is 2. The van der Waals surface area contributed by atoms with Crippen LogP contribution in [-0.4, -0.2) is 68.0 Å². The zero-order valence-corrected chi connectivity index (χ0v) is 25.6. The smallest absolute Gasteiger partial charge is 0.320 e. The zero-order chi connectivity index (χ0) is 31.4. The van der Waals surface area contributed by atoms with Crippen LogP contribution in [0.15, 0.2) is 53.9 Å². The van der Waals surface area contributed by atoms with Crippen molar-refractivity contribution in [2.45, 2.75) is 58.6 Å². The van der Waals surface area contributed by atoms with Crippen molar-refractivity contribution in [2.75, 3.05) is 30.3 Å². The number of amidine groups is 1. The molecule has 12 nitrogen and oxygen atoms in total. The average molecular weight is 600 g/mol. The zero-order valence-electron chi connectivity index (χ0n) is 25.6. The molecule has 44 heavy (non-hydrogen) atoms. The Morgan fingerprint density at radius 1 is 1.25 bits per heavy atom. The SMILES string of the molecule is CCc1cc(O)ccc1N=C(N)c1cnn2cc(-c3cnc(NC(=O)NCC(C)(C)O)cc3C)cc2c1NC[C@H]1CCCN1. The summed E-state index contributed by atoms with van der Waals surface area (Å²) in [7, 11) is 0. The number of nitrogens with zero attached hydrogens (tertiary/aromatic N) is 4. The molecule has 5 rings (SSSR count). The van der Waals surface area contributed by atoms with E-state index in [9.17, 15) is 15.0 Å². The third-order valence-corrected chi connectivity index (χ3v) is 7.63. The molecule has 1 atom stereocenters. The number of phenolic OH excluding ortho intramolecular Hbond substituents is 1. The molecule has 0 radical (unpaired) electrons. The predicted molar refractivity (Wildman–Crippen MR) is 174 cm³/mol. The standard InChI is InChI=1S/C32H41N9O3/c1-5-20-12-23(42)8-9-26(20)39-30(33)25-16-38-41-17-21(13-27(41)29(25)36-14-22-7-6-10-34-22)24-15-35-28(11-19(24)2)40-31(43)37-18-32(3,4)44/h8-9,11-13,15-17,22,34,36,42,44H,5-7,10,14,18H2,1-4H3,(H2,33,39)(H2,35,37,40,43)/t22-/m1/s1. The molecule has 8 N–H and O–H groups in total. The van der Waals surface area contributed by atoms with E-state index in [1.54, 1.807) is 50.5 Å². The molecule has 1 aromatic carbocycles. The summed E-state index contributed by atoms with van der Waals surface area (Å²) in [6.45, 7) is 9.04. The van der Waals surface area contributed by atoms with E-state index in [0.717, 1.165) is 59.4 Å². The van der Waals surface area contributed by atoms with E-state index in [0.29, 0.717) is 35.4 Å². The Balaban J connectivity index is 1.48. The number of nitrogens with two attached hydrogens (primary N) is 1. The Labute approximate surface area is 256 Å². The largest absolute Gasteiger partial charge is 0.508 e. The Morgan fingerprint density at radius 2 is 2.07 bits per heavy atom. The second kappa shape index (κ2) is 12.9. The second-order valence-electron chi connectivity index (χ2n) is 11.8. The number of benzene rings is 1. The molecule has 1 aliphatic rings. The number of fused-ring (bicyclic) bond motifs is 1. The quantitative estimate of drug-likeness (QED) is 0.105. The number of pyridine rings is 1. The molecule has 232 valence electrons. The Hall–Kier alpha value is -4.68. The number of aliphatic hydroxyl groups is 1. The normalized spacial score (nSPS) is 15.5. The fourth-order valence-electron chi connectivity index (χ4n) is 5.28. The fraction of sp³-hybridized carbons (Fsp3) is 0.375. The number of carbonyl (C=O) groups is 1. The van der Waals surface area contributed by atoms with E-state index in [1.807, 2.05) is 30.6 Å². The highest BCUT2D eigenvalue weighted by Gasteiger charge is 2.20. The van der Waals surface area contributed by atoms with Crippen LogP contribution in [0.2, 0.25) is 0 Å². The highest BCUT2D eigenvalue weighted by molar-refractivity contribution is 6.06. The summed E-state index contributed by atoms with van der Waals surface area (Å²) in [5.41, 5.74) is 12.3. The van der Waals surface area contributed by atoms with Crippen molar-refractivity contribution in [3.8, 4) is 16.9 Å². The minimum Gasteiger partial charge on any atom is -0.508 e. The van der Waals surface area contributed by atoms with Crippen LogP contribution in [0.4, 0.5) is 22.0 Å². The second-order valence-corrected chi connectivity index (χ2v) is 11.8.